The van der Waals surface area contributed by atoms with E-state index in [-0.39, 0.29) is 0 Å². The molecule has 0 aliphatic rings. The Kier molecular flexibility index (Phi) is 3.13. The molecule has 1 nitrogen and oxygen atoms in total. The molecule has 70 valence electrons. The van der Waals surface area contributed by atoms with Crippen LogP contribution in [0.25, 0.3) is 0 Å². The smallest absolute Gasteiger partial charge is 0.0396 e. The largest absolute Gasteiger partial charge is 0.377 e. The van der Waals surface area contributed by atoms with Crippen LogP contribution in [0.2, 0.25) is 0 Å². The molecule has 0 atom stereocenters. The van der Waals surface area contributed by atoms with E-state index in [1.807, 2.05) is 6.08 Å². The van der Waals surface area contributed by atoms with Crippen LogP contribution in [0.4, 0.5) is 5.69 Å². The lowest BCUT2D eigenvalue weighted by atomic mass is 10.1. The van der Waals surface area contributed by atoms with Crippen LogP contribution >= 0.6 is 0 Å². The molecule has 0 radical (unpaired) electrons. The number of hydrogen-bond acceptors (Lipinski definition) is 1. The predicted octanol–water partition coefficient (Wildman–Crippen LogP) is 2.79. The second-order valence-corrected chi connectivity index (χ2v) is 3.52. The van der Waals surface area contributed by atoms with E-state index in [2.05, 4.69) is 50.7 Å². The molecule has 0 aliphatic carbocycles. The van der Waals surface area contributed by atoms with Gasteiger partial charge < -0.3 is 4.90 Å². The molecular weight excluding hydrogens is 158 g/mol. The van der Waals surface area contributed by atoms with Gasteiger partial charge in [0.2, 0.25) is 0 Å². The van der Waals surface area contributed by atoms with E-state index in [1.54, 1.807) is 0 Å². The summed E-state index contributed by atoms with van der Waals surface area (Å²) in [4.78, 5) is 2.14. The lowest BCUT2D eigenvalue weighted by Gasteiger charge is -2.17. The van der Waals surface area contributed by atoms with Gasteiger partial charge in [-0.2, -0.15) is 0 Å². The molecule has 1 rings (SSSR count). The van der Waals surface area contributed by atoms with E-state index in [0.717, 1.165) is 6.42 Å². The van der Waals surface area contributed by atoms with Gasteiger partial charge in [0, 0.05) is 19.8 Å². The van der Waals surface area contributed by atoms with Crippen molar-refractivity contribution in [2.75, 3.05) is 19.0 Å². The fourth-order valence-electron chi connectivity index (χ4n) is 1.47. The maximum atomic E-state index is 3.77. The minimum absolute atomic E-state index is 0.940. The van der Waals surface area contributed by atoms with Crippen LogP contribution in [-0.2, 0) is 6.42 Å². The minimum atomic E-state index is 0.940. The Morgan fingerprint density at radius 2 is 2.08 bits per heavy atom. The highest BCUT2D eigenvalue weighted by Gasteiger charge is 2.02. The first-order valence-corrected chi connectivity index (χ1v) is 4.53. The molecule has 0 spiro atoms. The van der Waals surface area contributed by atoms with Crippen molar-refractivity contribution >= 4 is 5.69 Å². The SMILES string of the molecule is C=CCc1cc(C)ccc1N(C)C. The summed E-state index contributed by atoms with van der Waals surface area (Å²) in [7, 11) is 4.13. The first-order chi connectivity index (χ1) is 6.15. The number of aryl methyl sites for hydroxylation is 1. The molecule has 0 aliphatic heterocycles. The van der Waals surface area contributed by atoms with E-state index in [0.29, 0.717) is 0 Å². The predicted molar refractivity (Wildman–Crippen MR) is 59.4 cm³/mol. The zero-order valence-corrected chi connectivity index (χ0v) is 8.67. The van der Waals surface area contributed by atoms with E-state index >= 15 is 0 Å². The van der Waals surface area contributed by atoms with Gasteiger partial charge in [-0.25, -0.2) is 0 Å². The molecule has 0 bridgehead atoms. The molecule has 13 heavy (non-hydrogen) atoms. The fourth-order valence-corrected chi connectivity index (χ4v) is 1.47. The second-order valence-electron chi connectivity index (χ2n) is 3.52. The molecule has 1 aromatic carbocycles. The molecule has 0 unspecified atom stereocenters. The Labute approximate surface area is 80.7 Å². The van der Waals surface area contributed by atoms with E-state index in [9.17, 15) is 0 Å². The van der Waals surface area contributed by atoms with Crippen LogP contribution in [0.1, 0.15) is 11.1 Å². The van der Waals surface area contributed by atoms with Crippen molar-refractivity contribution in [2.45, 2.75) is 13.3 Å². The van der Waals surface area contributed by atoms with Crippen LogP contribution in [0.3, 0.4) is 0 Å². The Balaban J connectivity index is 3.10. The standard InChI is InChI=1S/C12H17N/c1-5-6-11-9-10(2)7-8-12(11)13(3)4/h5,7-9H,1,6H2,2-4H3. The Bertz CT molecular complexity index is 300. The lowest BCUT2D eigenvalue weighted by molar-refractivity contribution is 1.09. The molecule has 1 heteroatoms. The third-order valence-corrected chi connectivity index (χ3v) is 2.08. The van der Waals surface area contributed by atoms with Gasteiger partial charge >= 0.3 is 0 Å². The molecule has 0 saturated heterocycles. The number of anilines is 1. The first-order valence-electron chi connectivity index (χ1n) is 4.53. The summed E-state index contributed by atoms with van der Waals surface area (Å²) in [6.45, 7) is 5.88. The third kappa shape index (κ3) is 2.35. The zero-order chi connectivity index (χ0) is 9.84. The van der Waals surface area contributed by atoms with Crippen molar-refractivity contribution < 1.29 is 0 Å². The first kappa shape index (κ1) is 9.85. The van der Waals surface area contributed by atoms with Crippen LogP contribution in [0.15, 0.2) is 30.9 Å². The van der Waals surface area contributed by atoms with E-state index in [4.69, 9.17) is 0 Å². The summed E-state index contributed by atoms with van der Waals surface area (Å²) in [5.74, 6) is 0. The van der Waals surface area contributed by atoms with Crippen molar-refractivity contribution in [2.24, 2.45) is 0 Å². The van der Waals surface area contributed by atoms with Crippen LogP contribution < -0.4 is 4.90 Å². The summed E-state index contributed by atoms with van der Waals surface area (Å²) in [6.07, 6.45) is 2.89. The van der Waals surface area contributed by atoms with Crippen molar-refractivity contribution in [3.63, 3.8) is 0 Å². The van der Waals surface area contributed by atoms with Gasteiger partial charge in [0.15, 0.2) is 0 Å². The maximum absolute atomic E-state index is 3.77. The number of hydrogen-bond donors (Lipinski definition) is 0. The monoisotopic (exact) mass is 175 g/mol. The molecular formula is C12H17N. The van der Waals surface area contributed by atoms with Gasteiger partial charge in [0.05, 0.1) is 0 Å². The molecule has 0 N–H and O–H groups in total. The van der Waals surface area contributed by atoms with E-state index in [1.165, 1.54) is 16.8 Å². The second kappa shape index (κ2) is 4.13. The molecule has 0 aromatic heterocycles. The quantitative estimate of drug-likeness (QED) is 0.638. The van der Waals surface area contributed by atoms with Gasteiger partial charge in [-0.3, -0.25) is 0 Å². The van der Waals surface area contributed by atoms with Crippen LogP contribution in [0, 0.1) is 6.92 Å². The van der Waals surface area contributed by atoms with Gasteiger partial charge in [0.25, 0.3) is 0 Å². The highest BCUT2D eigenvalue weighted by atomic mass is 15.1. The van der Waals surface area contributed by atoms with Crippen molar-refractivity contribution in [1.29, 1.82) is 0 Å². The Morgan fingerprint density at radius 3 is 2.62 bits per heavy atom. The maximum Gasteiger partial charge on any atom is 0.0396 e. The summed E-state index contributed by atoms with van der Waals surface area (Å²) >= 11 is 0. The number of nitrogens with zero attached hydrogens (tertiary/aromatic N) is 1. The van der Waals surface area contributed by atoms with Gasteiger partial charge in [-0.15, -0.1) is 6.58 Å². The molecule has 0 amide bonds. The van der Waals surface area contributed by atoms with Gasteiger partial charge in [-0.1, -0.05) is 23.8 Å². The summed E-state index contributed by atoms with van der Waals surface area (Å²) < 4.78 is 0. The van der Waals surface area contributed by atoms with Crippen LogP contribution in [0.5, 0.6) is 0 Å². The lowest BCUT2D eigenvalue weighted by Crippen LogP contribution is -2.11. The van der Waals surface area contributed by atoms with Crippen molar-refractivity contribution in [3.8, 4) is 0 Å². The summed E-state index contributed by atoms with van der Waals surface area (Å²) in [5.41, 5.74) is 3.94. The minimum Gasteiger partial charge on any atom is -0.377 e. The molecule has 0 saturated carbocycles. The third-order valence-electron chi connectivity index (χ3n) is 2.08. The fraction of sp³-hybridized carbons (Fsp3) is 0.333. The van der Waals surface area contributed by atoms with Crippen molar-refractivity contribution in [1.82, 2.24) is 0 Å². The highest BCUT2D eigenvalue weighted by Crippen LogP contribution is 2.20. The average Bonchev–Trinajstić information content (AvgIpc) is 2.04. The van der Waals surface area contributed by atoms with E-state index < -0.39 is 0 Å². The van der Waals surface area contributed by atoms with Gasteiger partial charge in [-0.05, 0) is 25.0 Å². The zero-order valence-electron chi connectivity index (χ0n) is 8.67. The van der Waals surface area contributed by atoms with Crippen molar-refractivity contribution in [3.05, 3.63) is 42.0 Å². The Morgan fingerprint density at radius 1 is 1.38 bits per heavy atom. The average molecular weight is 175 g/mol. The molecule has 0 heterocycles. The van der Waals surface area contributed by atoms with Crippen LogP contribution in [-0.4, -0.2) is 14.1 Å². The number of allylic oxidation sites excluding steroid dienone is 1. The molecule has 1 aromatic rings. The normalized spacial score (nSPS) is 9.77. The summed E-state index contributed by atoms with van der Waals surface area (Å²) in [6, 6.07) is 6.52. The van der Waals surface area contributed by atoms with Gasteiger partial charge in [0.1, 0.15) is 0 Å². The number of benzene rings is 1. The highest BCUT2D eigenvalue weighted by molar-refractivity contribution is 5.54. The topological polar surface area (TPSA) is 3.24 Å². The molecule has 0 fully saturated rings. The number of rotatable bonds is 3. The summed E-state index contributed by atoms with van der Waals surface area (Å²) in [5, 5.41) is 0. The Hall–Kier alpha value is -1.24.